The molecule has 2 rings (SSSR count). The van der Waals surface area contributed by atoms with Gasteiger partial charge in [-0.15, -0.1) is 13.2 Å². The summed E-state index contributed by atoms with van der Waals surface area (Å²) in [6.45, 7) is 0. The number of rotatable bonds is 5. The van der Waals surface area contributed by atoms with Crippen LogP contribution in [-0.2, 0) is 11.2 Å². The van der Waals surface area contributed by atoms with Crippen LogP contribution in [0.2, 0.25) is 0 Å². The van der Waals surface area contributed by atoms with E-state index >= 15 is 0 Å². The molecule has 0 amide bonds. The fourth-order valence-corrected chi connectivity index (χ4v) is 1.85. The molecule has 0 aliphatic carbocycles. The first-order valence-corrected chi connectivity index (χ1v) is 6.63. The Bertz CT molecular complexity index is 789. The standard InChI is InChI=1S/C15H9F4NO5/c16-10-3-6-12(20(22)23)13(8-10)24-14(21)7-9-1-4-11(5-2-9)25-15(17,18)19/h1-6,8H,7H2. The van der Waals surface area contributed by atoms with E-state index in [0.717, 1.165) is 24.3 Å². The van der Waals surface area contributed by atoms with Crippen LogP contribution in [0.25, 0.3) is 0 Å². The number of nitrogens with zero attached hydrogens (tertiary/aromatic N) is 1. The van der Waals surface area contributed by atoms with Crippen LogP contribution in [0.1, 0.15) is 5.56 Å². The van der Waals surface area contributed by atoms with Crippen LogP contribution in [-0.4, -0.2) is 17.3 Å². The van der Waals surface area contributed by atoms with Crippen molar-refractivity contribution < 1.29 is 36.8 Å². The first kappa shape index (κ1) is 18.2. The topological polar surface area (TPSA) is 78.7 Å². The molecule has 0 spiro atoms. The van der Waals surface area contributed by atoms with Crippen molar-refractivity contribution in [2.75, 3.05) is 0 Å². The molecule has 25 heavy (non-hydrogen) atoms. The largest absolute Gasteiger partial charge is 0.573 e. The summed E-state index contributed by atoms with van der Waals surface area (Å²) in [5, 5.41) is 10.8. The molecule has 132 valence electrons. The van der Waals surface area contributed by atoms with Gasteiger partial charge in [-0.05, 0) is 23.8 Å². The molecule has 0 fully saturated rings. The van der Waals surface area contributed by atoms with Gasteiger partial charge in [0.05, 0.1) is 11.3 Å². The van der Waals surface area contributed by atoms with E-state index in [-0.39, 0.29) is 12.0 Å². The second-order valence-electron chi connectivity index (χ2n) is 4.71. The lowest BCUT2D eigenvalue weighted by Gasteiger charge is -2.09. The van der Waals surface area contributed by atoms with Gasteiger partial charge in [0, 0.05) is 12.1 Å². The molecule has 0 atom stereocenters. The van der Waals surface area contributed by atoms with Crippen LogP contribution in [0, 0.1) is 15.9 Å². The molecule has 0 unspecified atom stereocenters. The highest BCUT2D eigenvalue weighted by molar-refractivity contribution is 5.76. The minimum absolute atomic E-state index is 0.276. The highest BCUT2D eigenvalue weighted by atomic mass is 19.4. The molecule has 0 heterocycles. The molecule has 0 saturated heterocycles. The Hall–Kier alpha value is -3.17. The molecule has 6 nitrogen and oxygen atoms in total. The zero-order valence-corrected chi connectivity index (χ0v) is 12.2. The summed E-state index contributed by atoms with van der Waals surface area (Å²) < 4.78 is 57.7. The van der Waals surface area contributed by atoms with Crippen molar-refractivity contribution in [1.82, 2.24) is 0 Å². The van der Waals surface area contributed by atoms with Crippen LogP contribution >= 0.6 is 0 Å². The average Bonchev–Trinajstić information content (AvgIpc) is 2.47. The molecule has 0 saturated carbocycles. The quantitative estimate of drug-likeness (QED) is 0.267. The van der Waals surface area contributed by atoms with E-state index < -0.39 is 40.3 Å². The van der Waals surface area contributed by atoms with E-state index in [1.165, 1.54) is 12.1 Å². The fourth-order valence-electron chi connectivity index (χ4n) is 1.85. The molecule has 2 aromatic rings. The van der Waals surface area contributed by atoms with E-state index in [9.17, 15) is 32.5 Å². The molecular weight excluding hydrogens is 350 g/mol. The Kier molecular flexibility index (Phi) is 5.20. The molecule has 0 aliphatic heterocycles. The van der Waals surface area contributed by atoms with E-state index in [0.29, 0.717) is 6.07 Å². The van der Waals surface area contributed by atoms with Crippen molar-refractivity contribution in [3.05, 3.63) is 64.0 Å². The number of ether oxygens (including phenoxy) is 2. The number of carbonyl (C=O) groups is 1. The predicted molar refractivity (Wildman–Crippen MR) is 75.5 cm³/mol. The normalized spacial score (nSPS) is 11.0. The van der Waals surface area contributed by atoms with Gasteiger partial charge in [0.1, 0.15) is 11.6 Å². The minimum atomic E-state index is -4.84. The van der Waals surface area contributed by atoms with Gasteiger partial charge in [0.2, 0.25) is 5.75 Å². The Morgan fingerprint density at radius 3 is 2.32 bits per heavy atom. The number of esters is 1. The highest BCUT2D eigenvalue weighted by Crippen LogP contribution is 2.28. The van der Waals surface area contributed by atoms with Crippen LogP contribution in [0.4, 0.5) is 23.2 Å². The lowest BCUT2D eigenvalue weighted by atomic mass is 10.1. The lowest BCUT2D eigenvalue weighted by Crippen LogP contribution is -2.17. The van der Waals surface area contributed by atoms with Crippen molar-refractivity contribution in [2.24, 2.45) is 0 Å². The molecule has 2 aromatic carbocycles. The molecular formula is C15H9F4NO5. The van der Waals surface area contributed by atoms with Crippen molar-refractivity contribution in [1.29, 1.82) is 0 Å². The maximum absolute atomic E-state index is 13.1. The summed E-state index contributed by atoms with van der Waals surface area (Å²) in [6.07, 6.45) is -5.23. The first-order chi connectivity index (χ1) is 11.6. The van der Waals surface area contributed by atoms with Gasteiger partial charge in [-0.25, -0.2) is 4.39 Å². The summed E-state index contributed by atoms with van der Waals surface area (Å²) in [6, 6.07) is 6.78. The van der Waals surface area contributed by atoms with Gasteiger partial charge in [-0.3, -0.25) is 14.9 Å². The summed E-state index contributed by atoms with van der Waals surface area (Å²) in [7, 11) is 0. The number of hydrogen-bond donors (Lipinski definition) is 0. The highest BCUT2D eigenvalue weighted by Gasteiger charge is 2.31. The number of carbonyl (C=O) groups excluding carboxylic acids is 1. The van der Waals surface area contributed by atoms with Crippen LogP contribution in [0.3, 0.4) is 0 Å². The molecule has 0 radical (unpaired) electrons. The Balaban J connectivity index is 2.06. The Morgan fingerprint density at radius 2 is 1.76 bits per heavy atom. The number of halogens is 4. The third-order valence-electron chi connectivity index (χ3n) is 2.85. The zero-order valence-electron chi connectivity index (χ0n) is 12.2. The first-order valence-electron chi connectivity index (χ1n) is 6.63. The Morgan fingerprint density at radius 1 is 1.12 bits per heavy atom. The Labute approximate surface area is 137 Å². The van der Waals surface area contributed by atoms with E-state index in [4.69, 9.17) is 4.74 Å². The van der Waals surface area contributed by atoms with Gasteiger partial charge in [0.25, 0.3) is 0 Å². The number of benzene rings is 2. The number of nitro groups is 1. The molecule has 0 aliphatic rings. The number of alkyl halides is 3. The van der Waals surface area contributed by atoms with Gasteiger partial charge >= 0.3 is 18.0 Å². The minimum Gasteiger partial charge on any atom is -0.419 e. The van der Waals surface area contributed by atoms with Gasteiger partial charge in [-0.2, -0.15) is 0 Å². The van der Waals surface area contributed by atoms with Crippen LogP contribution in [0.5, 0.6) is 11.5 Å². The third kappa shape index (κ3) is 5.44. The van der Waals surface area contributed by atoms with Crippen molar-refractivity contribution in [3.63, 3.8) is 0 Å². The molecule has 0 N–H and O–H groups in total. The predicted octanol–water partition coefficient (Wildman–Crippen LogP) is 3.78. The molecule has 10 heteroatoms. The van der Waals surface area contributed by atoms with Gasteiger partial charge < -0.3 is 9.47 Å². The van der Waals surface area contributed by atoms with Crippen LogP contribution in [0.15, 0.2) is 42.5 Å². The summed E-state index contributed by atoms with van der Waals surface area (Å²) >= 11 is 0. The average molecular weight is 359 g/mol. The SMILES string of the molecule is O=C(Cc1ccc(OC(F)(F)F)cc1)Oc1cc(F)ccc1[N+](=O)[O-]. The number of nitro benzene ring substituents is 1. The lowest BCUT2D eigenvalue weighted by molar-refractivity contribution is -0.385. The van der Waals surface area contributed by atoms with Gasteiger partial charge in [-0.1, -0.05) is 12.1 Å². The second-order valence-corrected chi connectivity index (χ2v) is 4.71. The van der Waals surface area contributed by atoms with E-state index in [1.807, 2.05) is 0 Å². The van der Waals surface area contributed by atoms with Crippen molar-refractivity contribution in [2.45, 2.75) is 12.8 Å². The van der Waals surface area contributed by atoms with Gasteiger partial charge in [0.15, 0.2) is 0 Å². The van der Waals surface area contributed by atoms with Crippen molar-refractivity contribution >= 4 is 11.7 Å². The van der Waals surface area contributed by atoms with E-state index in [2.05, 4.69) is 4.74 Å². The monoisotopic (exact) mass is 359 g/mol. The van der Waals surface area contributed by atoms with Crippen molar-refractivity contribution in [3.8, 4) is 11.5 Å². The second kappa shape index (κ2) is 7.16. The summed E-state index contributed by atoms with van der Waals surface area (Å²) in [4.78, 5) is 21.8. The molecule has 0 aromatic heterocycles. The van der Waals surface area contributed by atoms with E-state index in [1.54, 1.807) is 0 Å². The molecule has 0 bridgehead atoms. The maximum Gasteiger partial charge on any atom is 0.573 e. The number of hydrogen-bond acceptors (Lipinski definition) is 5. The van der Waals surface area contributed by atoms with Crippen LogP contribution < -0.4 is 9.47 Å². The maximum atomic E-state index is 13.1. The summed E-state index contributed by atoms with van der Waals surface area (Å²) in [5.74, 6) is -2.81. The zero-order chi connectivity index (χ0) is 18.6. The third-order valence-corrected chi connectivity index (χ3v) is 2.85. The smallest absolute Gasteiger partial charge is 0.419 e. The fraction of sp³-hybridized carbons (Fsp3) is 0.133. The summed E-state index contributed by atoms with van der Waals surface area (Å²) in [5.41, 5.74) is -0.317.